The molecule has 1 fully saturated rings. The lowest BCUT2D eigenvalue weighted by Gasteiger charge is -2.29. The number of benzene rings is 1. The minimum absolute atomic E-state index is 0.106. The number of hydrogen-bond acceptors (Lipinski definition) is 4. The number of rotatable bonds is 5. The number of fused-ring (bicyclic) bond motifs is 1. The van der Waals surface area contributed by atoms with Crippen LogP contribution in [-0.4, -0.2) is 39.7 Å². The minimum atomic E-state index is -0.478. The van der Waals surface area contributed by atoms with Crippen molar-refractivity contribution >= 4 is 11.9 Å². The molecule has 1 aromatic heterocycles. The molecule has 148 valence electrons. The summed E-state index contributed by atoms with van der Waals surface area (Å²) in [5.41, 5.74) is 4.34. The SMILES string of the molecule is COC(=O)c1ccccc1C(=O)N(Cc1nn(C)c2c1CCC2)C1CCCC1. The van der Waals surface area contributed by atoms with Gasteiger partial charge in [-0.05, 0) is 49.8 Å². The van der Waals surface area contributed by atoms with Crippen LogP contribution in [0.25, 0.3) is 0 Å². The van der Waals surface area contributed by atoms with Crippen molar-refractivity contribution in [3.63, 3.8) is 0 Å². The molecule has 0 unspecified atom stereocenters. The fourth-order valence-corrected chi connectivity index (χ4v) is 4.68. The quantitative estimate of drug-likeness (QED) is 0.746. The lowest BCUT2D eigenvalue weighted by atomic mass is 10.0. The molecule has 2 aromatic rings. The third-order valence-electron chi connectivity index (χ3n) is 6.11. The number of carbonyl (C=O) groups is 2. The first-order valence-electron chi connectivity index (χ1n) is 10.1. The zero-order valence-electron chi connectivity index (χ0n) is 16.6. The lowest BCUT2D eigenvalue weighted by Crippen LogP contribution is -2.39. The lowest BCUT2D eigenvalue weighted by molar-refractivity contribution is 0.0578. The van der Waals surface area contributed by atoms with E-state index in [1.807, 2.05) is 16.6 Å². The highest BCUT2D eigenvalue weighted by atomic mass is 16.5. The number of nitrogens with zero attached hydrogens (tertiary/aromatic N) is 3. The van der Waals surface area contributed by atoms with Crippen LogP contribution in [0.3, 0.4) is 0 Å². The number of amides is 1. The molecule has 0 saturated heterocycles. The number of ether oxygens (including phenoxy) is 1. The maximum Gasteiger partial charge on any atom is 0.338 e. The maximum atomic E-state index is 13.6. The number of aromatic nitrogens is 2. The molecule has 6 heteroatoms. The molecule has 0 N–H and O–H groups in total. The topological polar surface area (TPSA) is 64.4 Å². The smallest absolute Gasteiger partial charge is 0.338 e. The molecule has 0 atom stereocenters. The highest BCUT2D eigenvalue weighted by Crippen LogP contribution is 2.30. The van der Waals surface area contributed by atoms with Crippen LogP contribution in [0.1, 0.15) is 69.8 Å². The van der Waals surface area contributed by atoms with E-state index in [1.165, 1.54) is 18.4 Å². The van der Waals surface area contributed by atoms with Gasteiger partial charge in [0.25, 0.3) is 5.91 Å². The Balaban J connectivity index is 1.69. The van der Waals surface area contributed by atoms with Crippen molar-refractivity contribution in [2.75, 3.05) is 7.11 Å². The van der Waals surface area contributed by atoms with Crippen molar-refractivity contribution in [3.05, 3.63) is 52.3 Å². The van der Waals surface area contributed by atoms with Gasteiger partial charge in [0, 0.05) is 18.8 Å². The Labute approximate surface area is 165 Å². The molecule has 0 aliphatic heterocycles. The summed E-state index contributed by atoms with van der Waals surface area (Å²) in [7, 11) is 3.33. The zero-order chi connectivity index (χ0) is 19.7. The van der Waals surface area contributed by atoms with Crippen molar-refractivity contribution in [2.45, 2.75) is 57.5 Å². The van der Waals surface area contributed by atoms with E-state index in [4.69, 9.17) is 9.84 Å². The summed E-state index contributed by atoms with van der Waals surface area (Å²) >= 11 is 0. The summed E-state index contributed by atoms with van der Waals surface area (Å²) in [6, 6.07) is 7.13. The predicted octanol–water partition coefficient (Wildman–Crippen LogP) is 3.28. The molecule has 4 rings (SSSR count). The van der Waals surface area contributed by atoms with Crippen molar-refractivity contribution < 1.29 is 14.3 Å². The summed E-state index contributed by atoms with van der Waals surface area (Å²) in [5.74, 6) is -0.584. The summed E-state index contributed by atoms with van der Waals surface area (Å²) in [5, 5.41) is 4.72. The molecule has 6 nitrogen and oxygen atoms in total. The van der Waals surface area contributed by atoms with Gasteiger partial charge >= 0.3 is 5.97 Å². The van der Waals surface area contributed by atoms with E-state index in [1.54, 1.807) is 24.3 Å². The van der Waals surface area contributed by atoms with E-state index in [2.05, 4.69) is 0 Å². The molecule has 2 aliphatic carbocycles. The van der Waals surface area contributed by atoms with Crippen molar-refractivity contribution in [2.24, 2.45) is 7.05 Å². The van der Waals surface area contributed by atoms with E-state index >= 15 is 0 Å². The average Bonchev–Trinajstić information content (AvgIpc) is 3.45. The van der Waals surface area contributed by atoms with Crippen LogP contribution >= 0.6 is 0 Å². The number of aryl methyl sites for hydroxylation is 1. The van der Waals surface area contributed by atoms with Crippen LogP contribution < -0.4 is 0 Å². The van der Waals surface area contributed by atoms with Gasteiger partial charge in [-0.1, -0.05) is 25.0 Å². The Morgan fingerprint density at radius 1 is 1.14 bits per heavy atom. The molecule has 1 amide bonds. The fraction of sp³-hybridized carbons (Fsp3) is 0.500. The van der Waals surface area contributed by atoms with E-state index in [0.29, 0.717) is 17.7 Å². The normalized spacial score (nSPS) is 16.2. The van der Waals surface area contributed by atoms with Gasteiger partial charge in [-0.15, -0.1) is 0 Å². The second-order valence-electron chi connectivity index (χ2n) is 7.76. The minimum Gasteiger partial charge on any atom is -0.465 e. The Kier molecular flexibility index (Phi) is 5.20. The number of hydrogen-bond donors (Lipinski definition) is 0. The first-order chi connectivity index (χ1) is 13.6. The first-order valence-corrected chi connectivity index (χ1v) is 10.1. The third-order valence-corrected chi connectivity index (χ3v) is 6.11. The maximum absolute atomic E-state index is 13.6. The summed E-state index contributed by atoms with van der Waals surface area (Å²) in [6.07, 6.45) is 7.51. The molecular weight excluding hydrogens is 354 g/mol. The molecule has 1 heterocycles. The van der Waals surface area contributed by atoms with Crippen LogP contribution in [0, 0.1) is 0 Å². The van der Waals surface area contributed by atoms with Crippen LogP contribution in [0.5, 0.6) is 0 Å². The second-order valence-corrected chi connectivity index (χ2v) is 7.76. The van der Waals surface area contributed by atoms with Crippen LogP contribution in [0.15, 0.2) is 24.3 Å². The molecule has 0 radical (unpaired) electrons. The van der Waals surface area contributed by atoms with Gasteiger partial charge in [0.15, 0.2) is 0 Å². The molecule has 28 heavy (non-hydrogen) atoms. The Hall–Kier alpha value is -2.63. The Morgan fingerprint density at radius 2 is 1.86 bits per heavy atom. The highest BCUT2D eigenvalue weighted by Gasteiger charge is 2.32. The molecule has 1 saturated carbocycles. The van der Waals surface area contributed by atoms with Crippen molar-refractivity contribution in [3.8, 4) is 0 Å². The van der Waals surface area contributed by atoms with E-state index in [0.717, 1.165) is 50.6 Å². The third kappa shape index (κ3) is 3.32. The number of carbonyl (C=O) groups excluding carboxylic acids is 2. The van der Waals surface area contributed by atoms with Gasteiger partial charge in [-0.25, -0.2) is 4.79 Å². The van der Waals surface area contributed by atoms with Gasteiger partial charge in [-0.3, -0.25) is 9.48 Å². The number of methoxy groups -OCH3 is 1. The van der Waals surface area contributed by atoms with Crippen molar-refractivity contribution in [1.29, 1.82) is 0 Å². The summed E-state index contributed by atoms with van der Waals surface area (Å²) in [4.78, 5) is 27.7. The van der Waals surface area contributed by atoms with Crippen molar-refractivity contribution in [1.82, 2.24) is 14.7 Å². The van der Waals surface area contributed by atoms with Gasteiger partial charge in [0.1, 0.15) is 0 Å². The van der Waals surface area contributed by atoms with Gasteiger partial charge in [-0.2, -0.15) is 5.10 Å². The first kappa shape index (κ1) is 18.7. The predicted molar refractivity (Wildman–Crippen MR) is 105 cm³/mol. The summed E-state index contributed by atoms with van der Waals surface area (Å²) in [6.45, 7) is 0.502. The van der Waals surface area contributed by atoms with Gasteiger partial charge in [0.05, 0.1) is 30.5 Å². The van der Waals surface area contributed by atoms with Gasteiger partial charge < -0.3 is 9.64 Å². The molecule has 0 bridgehead atoms. The van der Waals surface area contributed by atoms with Gasteiger partial charge in [0.2, 0.25) is 0 Å². The van der Waals surface area contributed by atoms with Crippen LogP contribution in [-0.2, 0) is 31.2 Å². The van der Waals surface area contributed by atoms with E-state index < -0.39 is 5.97 Å². The molecular formula is C22H27N3O3. The molecule has 0 spiro atoms. The zero-order valence-corrected chi connectivity index (χ0v) is 16.6. The van der Waals surface area contributed by atoms with E-state index in [-0.39, 0.29) is 11.9 Å². The standard InChI is InChI=1S/C22H27N3O3/c1-24-20-13-7-12-18(20)19(23-24)14-25(15-8-3-4-9-15)21(26)16-10-5-6-11-17(16)22(27)28-2/h5-6,10-11,15H,3-4,7-9,12-14H2,1-2H3. The Morgan fingerprint density at radius 3 is 2.57 bits per heavy atom. The highest BCUT2D eigenvalue weighted by molar-refractivity contribution is 6.05. The average molecular weight is 381 g/mol. The van der Waals surface area contributed by atoms with E-state index in [9.17, 15) is 9.59 Å². The fourth-order valence-electron chi connectivity index (χ4n) is 4.68. The van der Waals surface area contributed by atoms with Crippen LogP contribution in [0.2, 0.25) is 0 Å². The molecule has 1 aromatic carbocycles. The number of esters is 1. The molecule has 2 aliphatic rings. The summed E-state index contributed by atoms with van der Waals surface area (Å²) < 4.78 is 6.86. The Bertz CT molecular complexity index is 896. The van der Waals surface area contributed by atoms with Crippen LogP contribution in [0.4, 0.5) is 0 Å². The second kappa shape index (κ2) is 7.78. The monoisotopic (exact) mass is 381 g/mol. The largest absolute Gasteiger partial charge is 0.465 e.